The smallest absolute Gasteiger partial charge is 0.263 e. The average molecular weight is 415 g/mol. The first-order valence-electron chi connectivity index (χ1n) is 9.13. The molecule has 2 aromatic rings. The summed E-state index contributed by atoms with van der Waals surface area (Å²) in [6.07, 6.45) is 4.58. The van der Waals surface area contributed by atoms with Crippen molar-refractivity contribution in [2.24, 2.45) is 11.8 Å². The first-order chi connectivity index (χ1) is 13.4. The summed E-state index contributed by atoms with van der Waals surface area (Å²) in [6, 6.07) is 1.86. The van der Waals surface area contributed by atoms with Crippen LogP contribution in [0.5, 0.6) is 0 Å². The van der Waals surface area contributed by atoms with E-state index < -0.39 is 5.92 Å². The minimum absolute atomic E-state index is 0.00827. The first kappa shape index (κ1) is 20.5. The molecule has 0 saturated carbocycles. The Hall–Kier alpha value is -2.24. The third kappa shape index (κ3) is 3.82. The minimum Gasteiger partial charge on any atom is -0.308 e. The van der Waals surface area contributed by atoms with E-state index in [1.54, 1.807) is 22.0 Å². The maximum atomic E-state index is 13.2. The Morgan fingerprint density at radius 2 is 2.36 bits per heavy atom. The van der Waals surface area contributed by atoms with Crippen LogP contribution in [0.25, 0.3) is 10.2 Å². The molecule has 0 aliphatic heterocycles. The highest BCUT2D eigenvalue weighted by Crippen LogP contribution is 2.36. The van der Waals surface area contributed by atoms with Gasteiger partial charge in [0.1, 0.15) is 10.7 Å². The normalized spacial score (nSPS) is 17.0. The molecule has 0 aromatic carbocycles. The molecule has 28 heavy (non-hydrogen) atoms. The highest BCUT2D eigenvalue weighted by atomic mass is 32.2. The first-order valence-corrected chi connectivity index (χ1v) is 10.9. The van der Waals surface area contributed by atoms with E-state index >= 15 is 0 Å². The summed E-state index contributed by atoms with van der Waals surface area (Å²) in [5.41, 5.74) is 1.07. The zero-order valence-electron chi connectivity index (χ0n) is 15.9. The molecule has 0 radical (unpaired) electrons. The Morgan fingerprint density at radius 1 is 1.61 bits per heavy atom. The van der Waals surface area contributed by atoms with Gasteiger partial charge in [0.05, 0.1) is 17.2 Å². The van der Waals surface area contributed by atoms with Crippen molar-refractivity contribution in [2.45, 2.75) is 44.8 Å². The number of thioether (sulfide) groups is 1. The van der Waals surface area contributed by atoms with Crippen LogP contribution >= 0.6 is 23.1 Å². The topological polar surface area (TPSA) is 99.6 Å². The number of ketones is 1. The predicted molar refractivity (Wildman–Crippen MR) is 114 cm³/mol. The molecule has 2 aromatic heterocycles. The van der Waals surface area contributed by atoms with Gasteiger partial charge >= 0.3 is 0 Å². The number of hydrogen-bond donors (Lipinski definition) is 1. The molecule has 146 valence electrons. The summed E-state index contributed by atoms with van der Waals surface area (Å²) < 4.78 is 1.55. The maximum Gasteiger partial charge on any atom is 0.263 e. The predicted octanol–water partition coefficient (Wildman–Crippen LogP) is 3.61. The zero-order valence-corrected chi connectivity index (χ0v) is 17.6. The quantitative estimate of drug-likeness (QED) is 0.323. The Kier molecular flexibility index (Phi) is 6.16. The lowest BCUT2D eigenvalue weighted by Crippen LogP contribution is -2.25. The van der Waals surface area contributed by atoms with Gasteiger partial charge in [-0.2, -0.15) is 5.26 Å². The second-order valence-electron chi connectivity index (χ2n) is 7.13. The molecule has 0 bridgehead atoms. The summed E-state index contributed by atoms with van der Waals surface area (Å²) in [7, 11) is 0. The van der Waals surface area contributed by atoms with Gasteiger partial charge in [-0.05, 0) is 37.7 Å². The van der Waals surface area contributed by atoms with E-state index in [9.17, 15) is 9.59 Å². The van der Waals surface area contributed by atoms with Crippen molar-refractivity contribution in [1.82, 2.24) is 9.55 Å². The molecule has 0 spiro atoms. The lowest BCUT2D eigenvalue weighted by atomic mass is 9.89. The monoisotopic (exact) mass is 414 g/mol. The summed E-state index contributed by atoms with van der Waals surface area (Å²) in [6.45, 7) is 7.71. The van der Waals surface area contributed by atoms with Gasteiger partial charge in [0.25, 0.3) is 5.56 Å². The molecule has 0 unspecified atom stereocenters. The molecular weight excluding hydrogens is 392 g/mol. The minimum atomic E-state index is -1.05. The number of allylic oxidation sites excluding steroid dienone is 1. The second-order valence-corrected chi connectivity index (χ2v) is 9.16. The number of carbonyl (C=O) groups is 1. The number of carbonyl (C=O) groups excluding carboxylic acids is 1. The number of Topliss-reactive ketones (excluding diaryl/α,β-unsaturated/α-hetero) is 1. The van der Waals surface area contributed by atoms with Crippen molar-refractivity contribution in [3.63, 3.8) is 0 Å². The van der Waals surface area contributed by atoms with Crippen molar-refractivity contribution >= 4 is 44.8 Å². The number of hydrogen-bond acceptors (Lipinski definition) is 7. The van der Waals surface area contributed by atoms with Gasteiger partial charge in [-0.1, -0.05) is 24.8 Å². The fourth-order valence-corrected chi connectivity index (χ4v) is 5.77. The van der Waals surface area contributed by atoms with Crippen LogP contribution < -0.4 is 5.56 Å². The van der Waals surface area contributed by atoms with Gasteiger partial charge < -0.3 is 5.41 Å². The molecule has 0 amide bonds. The molecule has 0 fully saturated rings. The van der Waals surface area contributed by atoms with Gasteiger partial charge in [-0.25, -0.2) is 4.98 Å². The van der Waals surface area contributed by atoms with Gasteiger partial charge in [-0.3, -0.25) is 14.2 Å². The molecule has 2 heterocycles. The molecule has 2 atom stereocenters. The number of nitrogens with zero attached hydrogens (tertiary/aromatic N) is 3. The summed E-state index contributed by atoms with van der Waals surface area (Å²) in [5.74, 6) is -0.800. The largest absolute Gasteiger partial charge is 0.308 e. The van der Waals surface area contributed by atoms with Crippen molar-refractivity contribution in [3.8, 4) is 6.07 Å². The molecule has 3 rings (SSSR count). The SMILES string of the molecule is C=CCn1c(SCC(=O)[C@@H](C#N)C(C)=N)nc2sc3c(c2c1=O)CC[C@@H](C)C3. The standard InChI is InChI=1S/C20H22N4O2S2/c1-4-7-24-19(26)17-13-6-5-11(2)8-16(13)28-18(17)23-20(24)27-10-15(25)14(9-21)12(3)22/h4,11,14,22H,1,5-8,10H2,2-3H3/t11-,14+/m1/s1. The van der Waals surface area contributed by atoms with Crippen LogP contribution in [0.3, 0.4) is 0 Å². The van der Waals surface area contributed by atoms with E-state index in [2.05, 4.69) is 13.5 Å². The molecule has 1 N–H and O–H groups in total. The van der Waals surface area contributed by atoms with Gasteiger partial charge in [0.15, 0.2) is 10.9 Å². The third-order valence-corrected chi connectivity index (χ3v) is 7.07. The Balaban J connectivity index is 2.00. The third-order valence-electron chi connectivity index (χ3n) is 4.92. The van der Waals surface area contributed by atoms with Crippen molar-refractivity contribution < 1.29 is 4.79 Å². The number of aromatic nitrogens is 2. The van der Waals surface area contributed by atoms with Crippen LogP contribution in [0.2, 0.25) is 0 Å². The summed E-state index contributed by atoms with van der Waals surface area (Å²) >= 11 is 2.72. The number of fused-ring (bicyclic) bond motifs is 3. The van der Waals surface area contributed by atoms with Crippen LogP contribution in [-0.4, -0.2) is 26.8 Å². The second kappa shape index (κ2) is 8.41. The number of rotatable bonds is 7. The van der Waals surface area contributed by atoms with E-state index in [1.807, 2.05) is 6.07 Å². The lowest BCUT2D eigenvalue weighted by Gasteiger charge is -2.17. The van der Waals surface area contributed by atoms with E-state index in [-0.39, 0.29) is 22.8 Å². The Bertz CT molecular complexity index is 1060. The van der Waals surface area contributed by atoms with Gasteiger partial charge in [-0.15, -0.1) is 17.9 Å². The molecule has 6 nitrogen and oxygen atoms in total. The summed E-state index contributed by atoms with van der Waals surface area (Å²) in [4.78, 5) is 32.1. The van der Waals surface area contributed by atoms with Crippen molar-refractivity contribution in [2.75, 3.05) is 5.75 Å². The Labute approximate surface area is 171 Å². The number of thiophene rings is 1. The van der Waals surface area contributed by atoms with Crippen LogP contribution in [0, 0.1) is 28.6 Å². The molecule has 1 aliphatic carbocycles. The van der Waals surface area contributed by atoms with Crippen LogP contribution in [0.1, 0.15) is 30.7 Å². The Morgan fingerprint density at radius 3 is 3.00 bits per heavy atom. The fourth-order valence-electron chi connectivity index (χ4n) is 3.43. The number of nitrogens with one attached hydrogen (secondary N) is 1. The lowest BCUT2D eigenvalue weighted by molar-refractivity contribution is -0.117. The molecule has 8 heteroatoms. The van der Waals surface area contributed by atoms with E-state index in [4.69, 9.17) is 15.7 Å². The van der Waals surface area contributed by atoms with Crippen LogP contribution in [-0.2, 0) is 24.2 Å². The number of nitriles is 1. The maximum absolute atomic E-state index is 13.2. The van der Waals surface area contributed by atoms with E-state index in [0.717, 1.165) is 41.4 Å². The van der Waals surface area contributed by atoms with Gasteiger partial charge in [0, 0.05) is 17.1 Å². The molecule has 1 aliphatic rings. The zero-order chi connectivity index (χ0) is 20.4. The van der Waals surface area contributed by atoms with E-state index in [1.165, 1.54) is 11.8 Å². The van der Waals surface area contributed by atoms with Crippen molar-refractivity contribution in [3.05, 3.63) is 33.4 Å². The van der Waals surface area contributed by atoms with Crippen molar-refractivity contribution in [1.29, 1.82) is 10.7 Å². The highest BCUT2D eigenvalue weighted by Gasteiger charge is 2.25. The molecular formula is C20H22N4O2S2. The summed E-state index contributed by atoms with van der Waals surface area (Å²) in [5, 5.41) is 17.8. The van der Waals surface area contributed by atoms with Crippen LogP contribution in [0.4, 0.5) is 0 Å². The van der Waals surface area contributed by atoms with Gasteiger partial charge in [0.2, 0.25) is 0 Å². The van der Waals surface area contributed by atoms with Crippen LogP contribution in [0.15, 0.2) is 22.6 Å². The average Bonchev–Trinajstić information content (AvgIpc) is 3.00. The van der Waals surface area contributed by atoms with E-state index in [0.29, 0.717) is 23.0 Å². The highest BCUT2D eigenvalue weighted by molar-refractivity contribution is 7.99. The number of aryl methyl sites for hydroxylation is 1. The molecule has 0 saturated heterocycles. The fraction of sp³-hybridized carbons (Fsp3) is 0.450.